The fraction of sp³-hybridized carbons (Fsp3) is 0.413. The number of nitro benzene ring substituents is 3. The molecule has 1 aliphatic heterocycles. The zero-order valence-corrected chi connectivity index (χ0v) is 45.0. The van der Waals surface area contributed by atoms with Crippen molar-refractivity contribution in [3.05, 3.63) is 138 Å². The molecule has 424 valence electrons. The molecule has 31 nitrogen and oxygen atoms in total. The standard InChI is InChI=1S/C12H16N2O4.C12H18N2O2.C11H14N2O4.C6H6N2O2.C4H8O.CH4O.H4N4.HN3.N2/c1-12(2,3)18-11(15)13(4)9-6-5-7-10(8-9)14(16)17;1-12(2,3)16-11(15)14(4)10-7-5-6-9(13)8-10;1-11(2,3)17-10(14)12-8-5-4-6-9(7-8)13(15)16;7-5-2-1-3-6(4-5)8(9)10;1-2-4-5-3-1;1-2;1-3-4-2;1-3-2;1-2/h5-8H,1-4H3;5-8H,13H2,1-4H3;4-7H,1-3H3,(H,12,14);1-4H,7H2;1-4H2;2H,1H3;(H2,1,4)(H2,2,3);1H;. The van der Waals surface area contributed by atoms with E-state index in [0.717, 1.165) is 20.3 Å². The summed E-state index contributed by atoms with van der Waals surface area (Å²) in [4.78, 5) is 69.1. The number of benzene rings is 4. The minimum Gasteiger partial charge on any atom is -0.444 e. The summed E-state index contributed by atoms with van der Waals surface area (Å²) in [5.74, 6) is 8.72. The number of rotatable bonds is 6. The summed E-state index contributed by atoms with van der Waals surface area (Å²) in [5, 5.41) is 58.0. The molecule has 0 aliphatic carbocycles. The Kier molecular flexibility index (Phi) is 38.2. The van der Waals surface area contributed by atoms with Gasteiger partial charge in [-0.05, 0) is 122 Å². The maximum atomic E-state index is 11.8. The van der Waals surface area contributed by atoms with Crippen LogP contribution in [0.15, 0.2) is 108 Å². The zero-order valence-electron chi connectivity index (χ0n) is 45.0. The Hall–Kier alpha value is -9.66. The smallest absolute Gasteiger partial charge is 0.414 e. The number of carbonyl (C=O) groups is 3. The normalized spacial score (nSPS) is 10.6. The molecule has 4 aromatic rings. The van der Waals surface area contributed by atoms with E-state index in [4.69, 9.17) is 57.4 Å². The van der Waals surface area contributed by atoms with Gasteiger partial charge in [0.25, 0.3) is 17.1 Å². The summed E-state index contributed by atoms with van der Waals surface area (Å²) >= 11 is 0. The molecule has 5 rings (SSSR count). The summed E-state index contributed by atoms with van der Waals surface area (Å²) in [7, 11) is 4.16. The van der Waals surface area contributed by atoms with E-state index in [1.54, 1.807) is 102 Å². The fourth-order valence-corrected chi connectivity index (χ4v) is 4.69. The van der Waals surface area contributed by atoms with Crippen molar-refractivity contribution >= 4 is 63.8 Å². The molecule has 1 fully saturated rings. The summed E-state index contributed by atoms with van der Waals surface area (Å²) in [6.45, 7) is 18.0. The average Bonchev–Trinajstić information content (AvgIpc) is 3.95. The van der Waals surface area contributed by atoms with Crippen LogP contribution in [0.1, 0.15) is 75.2 Å². The van der Waals surface area contributed by atoms with Crippen LogP contribution in [0, 0.1) is 46.7 Å². The molecular weight excluding hydrogens is 1010 g/mol. The molecule has 11 N–H and O–H groups in total. The van der Waals surface area contributed by atoms with E-state index in [-0.39, 0.29) is 17.1 Å². The highest BCUT2D eigenvalue weighted by Gasteiger charge is 2.23. The number of hydrogen-bond acceptors (Lipinski definition) is 21. The SMILES string of the molecule is C1CCOC1.CC(C)(C)OC(=O)Nc1cccc([N+](=O)[O-])c1.CN(C(=O)OC(C)(C)C)c1cccc(N)c1.CN(C(=O)OC(C)(C)C)c1cccc([N+](=O)[O-])c1.CO.N#N.N/N=N/N.Nc1cccc([N+](=O)[O-])c1.[N-]=[N+]=N. The van der Waals surface area contributed by atoms with Gasteiger partial charge in [-0.15, -0.1) is 5.53 Å². The third-order valence-electron chi connectivity index (χ3n) is 7.70. The second kappa shape index (κ2) is 39.8. The highest BCUT2D eigenvalue weighted by molar-refractivity contribution is 5.88. The molecule has 31 heteroatoms. The maximum absolute atomic E-state index is 11.8. The van der Waals surface area contributed by atoms with Gasteiger partial charge in [0.05, 0.1) is 26.1 Å². The number of hydrogen-bond donors (Lipinski definition) is 7. The molecule has 0 aromatic heterocycles. The van der Waals surface area contributed by atoms with Crippen molar-refractivity contribution in [2.45, 2.75) is 92.0 Å². The predicted octanol–water partition coefficient (Wildman–Crippen LogP) is 10.2. The Labute approximate surface area is 445 Å². The fourth-order valence-electron chi connectivity index (χ4n) is 4.69. The molecule has 0 saturated carbocycles. The van der Waals surface area contributed by atoms with E-state index in [0.29, 0.717) is 28.4 Å². The summed E-state index contributed by atoms with van der Waals surface area (Å²) < 4.78 is 20.4. The van der Waals surface area contributed by atoms with Crippen molar-refractivity contribution in [3.63, 3.8) is 0 Å². The van der Waals surface area contributed by atoms with Crippen LogP contribution in [0.25, 0.3) is 10.4 Å². The Morgan fingerprint density at radius 2 is 0.974 bits per heavy atom. The highest BCUT2D eigenvalue weighted by Crippen LogP contribution is 2.23. The van der Waals surface area contributed by atoms with Crippen LogP contribution in [0.3, 0.4) is 0 Å². The number of aliphatic hydroxyl groups excluding tert-OH is 1. The number of carbonyl (C=O) groups excluding carboxylic acids is 3. The number of amides is 3. The van der Waals surface area contributed by atoms with Gasteiger partial charge in [-0.25, -0.2) is 14.4 Å². The lowest BCUT2D eigenvalue weighted by atomic mass is 10.2. The minimum absolute atomic E-state index is 0.0278. The highest BCUT2D eigenvalue weighted by atomic mass is 16.6. The van der Waals surface area contributed by atoms with Gasteiger partial charge < -0.3 is 47.2 Å². The van der Waals surface area contributed by atoms with Gasteiger partial charge in [0.1, 0.15) is 16.8 Å². The second-order valence-electron chi connectivity index (χ2n) is 17.4. The molecule has 77 heavy (non-hydrogen) atoms. The van der Waals surface area contributed by atoms with Gasteiger partial charge in [-0.2, -0.15) is 0 Å². The average molecular weight is 1090 g/mol. The molecular formula is C46H71N17O14. The molecule has 0 bridgehead atoms. The summed E-state index contributed by atoms with van der Waals surface area (Å²) in [6, 6.07) is 24.5. The number of nitrogen functional groups attached to an aromatic ring is 2. The molecule has 0 spiro atoms. The number of aliphatic hydroxyl groups is 1. The molecule has 0 atom stereocenters. The first-order valence-electron chi connectivity index (χ1n) is 22.1. The van der Waals surface area contributed by atoms with E-state index in [2.05, 4.69) is 27.4 Å². The van der Waals surface area contributed by atoms with E-state index < -0.39 is 49.9 Å². The van der Waals surface area contributed by atoms with Crippen molar-refractivity contribution in [2.24, 2.45) is 22.1 Å². The van der Waals surface area contributed by atoms with Crippen LogP contribution < -0.4 is 38.3 Å². The third-order valence-corrected chi connectivity index (χ3v) is 7.70. The van der Waals surface area contributed by atoms with E-state index >= 15 is 0 Å². The number of nitro groups is 3. The molecule has 1 saturated heterocycles. The van der Waals surface area contributed by atoms with Crippen molar-refractivity contribution in [1.82, 2.24) is 0 Å². The Morgan fingerprint density at radius 1 is 0.649 bits per heavy atom. The molecule has 1 heterocycles. The first-order valence-corrected chi connectivity index (χ1v) is 22.1. The lowest BCUT2D eigenvalue weighted by Crippen LogP contribution is -2.34. The lowest BCUT2D eigenvalue weighted by Gasteiger charge is -2.24. The topological polar surface area (TPSA) is 493 Å². The lowest BCUT2D eigenvalue weighted by molar-refractivity contribution is -0.385. The van der Waals surface area contributed by atoms with Crippen LogP contribution in [-0.2, 0) is 18.9 Å². The third kappa shape index (κ3) is 39.5. The van der Waals surface area contributed by atoms with Gasteiger partial charge in [0.2, 0.25) is 0 Å². The van der Waals surface area contributed by atoms with Crippen LogP contribution in [-0.4, -0.2) is 89.4 Å². The quantitative estimate of drug-likeness (QED) is 0.0109. The first kappa shape index (κ1) is 73.9. The minimum atomic E-state index is -0.641. The Morgan fingerprint density at radius 3 is 1.29 bits per heavy atom. The number of non-ortho nitro benzene ring substituents is 3. The number of nitrogens with two attached hydrogens (primary N) is 4. The second-order valence-corrected chi connectivity index (χ2v) is 17.4. The summed E-state index contributed by atoms with van der Waals surface area (Å²) in [6.07, 6.45) is 0.971. The van der Waals surface area contributed by atoms with Gasteiger partial charge in [-0.1, -0.05) is 34.7 Å². The number of nitrogens with one attached hydrogen (secondary N) is 2. The molecule has 0 unspecified atom stereocenters. The van der Waals surface area contributed by atoms with Crippen LogP contribution in [0.4, 0.5) is 59.9 Å². The Bertz CT molecular complexity index is 2470. The molecule has 0 radical (unpaired) electrons. The van der Waals surface area contributed by atoms with Crippen LogP contribution in [0.2, 0.25) is 0 Å². The van der Waals surface area contributed by atoms with E-state index in [1.807, 2.05) is 20.8 Å². The van der Waals surface area contributed by atoms with Gasteiger partial charge in [-0.3, -0.25) is 45.5 Å². The molecule has 4 aromatic carbocycles. The Balaban J connectivity index is -0.000000425. The first-order chi connectivity index (χ1) is 35.8. The zero-order chi connectivity index (χ0) is 60.5. The van der Waals surface area contributed by atoms with E-state index in [1.165, 1.54) is 78.2 Å². The van der Waals surface area contributed by atoms with Gasteiger partial charge in [0, 0.05) is 98.7 Å². The predicted molar refractivity (Wildman–Crippen MR) is 288 cm³/mol. The van der Waals surface area contributed by atoms with Crippen molar-refractivity contribution in [2.75, 3.05) is 61.0 Å². The largest absolute Gasteiger partial charge is 0.444 e. The number of nitrogens with zero attached hydrogens (tertiary/aromatic N) is 11. The van der Waals surface area contributed by atoms with Gasteiger partial charge >= 0.3 is 18.3 Å². The van der Waals surface area contributed by atoms with Crippen LogP contribution in [0.5, 0.6) is 0 Å². The van der Waals surface area contributed by atoms with Crippen molar-refractivity contribution in [3.8, 4) is 0 Å². The molecule has 1 aliphatic rings. The number of ether oxygens (including phenoxy) is 4. The molecule has 3 amide bonds. The maximum Gasteiger partial charge on any atom is 0.414 e. The van der Waals surface area contributed by atoms with E-state index in [9.17, 15) is 44.7 Å². The van der Waals surface area contributed by atoms with Crippen molar-refractivity contribution < 1.29 is 53.2 Å². The van der Waals surface area contributed by atoms with Crippen molar-refractivity contribution in [1.29, 1.82) is 16.3 Å². The van der Waals surface area contributed by atoms with Crippen LogP contribution >= 0.6 is 0 Å². The number of anilines is 5. The van der Waals surface area contributed by atoms with Gasteiger partial charge in [0.15, 0.2) is 0 Å². The summed E-state index contributed by atoms with van der Waals surface area (Å²) in [5.41, 5.74) is 23.8. The monoisotopic (exact) mass is 1090 g/mol.